The molecule has 0 aliphatic heterocycles. The minimum atomic E-state index is 0.680. The van der Waals surface area contributed by atoms with Crippen molar-refractivity contribution < 1.29 is 0 Å². The molecule has 0 fully saturated rings. The highest BCUT2D eigenvalue weighted by atomic mass is 14.9. The van der Waals surface area contributed by atoms with Gasteiger partial charge in [0.2, 0.25) is 0 Å². The number of hydrogen-bond donors (Lipinski definition) is 0. The van der Waals surface area contributed by atoms with Crippen LogP contribution in [0.4, 0.5) is 0 Å². The summed E-state index contributed by atoms with van der Waals surface area (Å²) in [7, 11) is 0. The molecule has 10 aromatic rings. The molecule has 10 rings (SSSR count). The van der Waals surface area contributed by atoms with E-state index in [2.05, 4.69) is 175 Å². The summed E-state index contributed by atoms with van der Waals surface area (Å²) in [6, 6.07) is 68.6. The van der Waals surface area contributed by atoms with Crippen LogP contribution in [-0.4, -0.2) is 15.0 Å². The topological polar surface area (TPSA) is 38.7 Å². The molecule has 0 aliphatic rings. The lowest BCUT2D eigenvalue weighted by Crippen LogP contribution is -1.96. The molecule has 54 heavy (non-hydrogen) atoms. The van der Waals surface area contributed by atoms with Gasteiger partial charge in [0.1, 0.15) is 0 Å². The van der Waals surface area contributed by atoms with Gasteiger partial charge in [-0.2, -0.15) is 0 Å². The summed E-state index contributed by atoms with van der Waals surface area (Å²) in [6.45, 7) is 0. The fourth-order valence-electron chi connectivity index (χ4n) is 7.72. The van der Waals surface area contributed by atoms with Crippen molar-refractivity contribution in [3.8, 4) is 67.4 Å². The van der Waals surface area contributed by atoms with Crippen LogP contribution in [0.25, 0.3) is 99.7 Å². The quantitative estimate of drug-likeness (QED) is 0.163. The minimum absolute atomic E-state index is 0.680. The average Bonchev–Trinajstić information content (AvgIpc) is 3.26. The molecule has 252 valence electrons. The Morgan fingerprint density at radius 3 is 1.35 bits per heavy atom. The lowest BCUT2D eigenvalue weighted by Gasteiger charge is -2.16. The second-order valence-corrected chi connectivity index (χ2v) is 13.6. The predicted octanol–water partition coefficient (Wildman–Crippen LogP) is 13.3. The van der Waals surface area contributed by atoms with Gasteiger partial charge in [0.15, 0.2) is 5.82 Å². The molecule has 0 atom stereocenters. The largest absolute Gasteiger partial charge is 0.256 e. The fraction of sp³-hybridized carbons (Fsp3) is 0. The van der Waals surface area contributed by atoms with Crippen molar-refractivity contribution in [2.45, 2.75) is 0 Å². The molecule has 3 heteroatoms. The zero-order chi connectivity index (χ0) is 35.8. The summed E-state index contributed by atoms with van der Waals surface area (Å²) in [5.41, 5.74) is 11.5. The Kier molecular flexibility index (Phi) is 7.81. The number of nitrogens with zero attached hydrogens (tertiary/aromatic N) is 3. The van der Waals surface area contributed by atoms with Crippen LogP contribution in [-0.2, 0) is 0 Å². The summed E-state index contributed by atoms with van der Waals surface area (Å²) in [5.74, 6) is 0.680. The predicted molar refractivity (Wildman–Crippen MR) is 225 cm³/mol. The Hall–Kier alpha value is -7.23. The van der Waals surface area contributed by atoms with Gasteiger partial charge in [-0.3, -0.25) is 4.98 Å². The van der Waals surface area contributed by atoms with Gasteiger partial charge >= 0.3 is 0 Å². The number of benzene rings is 8. The molecule has 0 saturated heterocycles. The first kappa shape index (κ1) is 31.5. The molecule has 2 aromatic heterocycles. The summed E-state index contributed by atoms with van der Waals surface area (Å²) in [5, 5.41) is 7.42. The molecule has 0 spiro atoms. The Bertz CT molecular complexity index is 2970. The van der Waals surface area contributed by atoms with E-state index in [0.717, 1.165) is 44.9 Å². The molecule has 0 aliphatic carbocycles. The highest BCUT2D eigenvalue weighted by Crippen LogP contribution is 2.42. The molecule has 0 amide bonds. The maximum atomic E-state index is 5.23. The van der Waals surface area contributed by atoms with Crippen LogP contribution < -0.4 is 0 Å². The van der Waals surface area contributed by atoms with E-state index >= 15 is 0 Å². The second-order valence-electron chi connectivity index (χ2n) is 13.6. The van der Waals surface area contributed by atoms with Crippen LogP contribution >= 0.6 is 0 Å². The molecule has 0 bridgehead atoms. The van der Waals surface area contributed by atoms with Crippen molar-refractivity contribution in [1.82, 2.24) is 15.0 Å². The van der Waals surface area contributed by atoms with Crippen molar-refractivity contribution >= 4 is 32.3 Å². The van der Waals surface area contributed by atoms with Gasteiger partial charge in [-0.15, -0.1) is 0 Å². The van der Waals surface area contributed by atoms with Crippen LogP contribution in [0, 0.1) is 0 Å². The molecule has 0 radical (unpaired) electrons. The maximum Gasteiger partial charge on any atom is 0.160 e. The van der Waals surface area contributed by atoms with Gasteiger partial charge in [0.05, 0.1) is 17.1 Å². The first-order valence-electron chi connectivity index (χ1n) is 18.3. The third-order valence-electron chi connectivity index (χ3n) is 10.3. The van der Waals surface area contributed by atoms with E-state index in [1.54, 1.807) is 0 Å². The number of pyridine rings is 1. The number of fused-ring (bicyclic) bond motifs is 5. The van der Waals surface area contributed by atoms with E-state index in [-0.39, 0.29) is 0 Å². The van der Waals surface area contributed by atoms with E-state index in [1.807, 2.05) is 30.5 Å². The summed E-state index contributed by atoms with van der Waals surface area (Å²) in [6.07, 6.45) is 1.83. The van der Waals surface area contributed by atoms with Crippen molar-refractivity contribution in [2.24, 2.45) is 0 Å². The van der Waals surface area contributed by atoms with Gasteiger partial charge in [-0.1, -0.05) is 152 Å². The highest BCUT2D eigenvalue weighted by molar-refractivity contribution is 6.23. The smallest absolute Gasteiger partial charge is 0.160 e. The summed E-state index contributed by atoms with van der Waals surface area (Å²) < 4.78 is 0. The lowest BCUT2D eigenvalue weighted by atomic mass is 9.87. The number of aromatic nitrogens is 3. The average molecular weight is 688 g/mol. The third-order valence-corrected chi connectivity index (χ3v) is 10.3. The van der Waals surface area contributed by atoms with Gasteiger partial charge in [0.25, 0.3) is 0 Å². The molecule has 0 N–H and O–H groups in total. The van der Waals surface area contributed by atoms with Crippen LogP contribution in [0.1, 0.15) is 0 Å². The zero-order valence-corrected chi connectivity index (χ0v) is 29.4. The highest BCUT2D eigenvalue weighted by Gasteiger charge is 2.16. The van der Waals surface area contributed by atoms with E-state index in [1.165, 1.54) is 49.0 Å². The first-order valence-corrected chi connectivity index (χ1v) is 18.3. The van der Waals surface area contributed by atoms with Crippen LogP contribution in [0.15, 0.2) is 200 Å². The third kappa shape index (κ3) is 5.69. The molecule has 0 unspecified atom stereocenters. The molecule has 2 heterocycles. The Morgan fingerprint density at radius 1 is 0.259 bits per heavy atom. The van der Waals surface area contributed by atoms with Crippen molar-refractivity contribution in [1.29, 1.82) is 0 Å². The van der Waals surface area contributed by atoms with Gasteiger partial charge < -0.3 is 0 Å². The summed E-state index contributed by atoms with van der Waals surface area (Å²) in [4.78, 5) is 15.0. The van der Waals surface area contributed by atoms with Gasteiger partial charge in [-0.05, 0) is 97.0 Å². The molecule has 8 aromatic carbocycles. The van der Waals surface area contributed by atoms with Gasteiger partial charge in [0, 0.05) is 28.5 Å². The molecular formula is C51H33N3. The SMILES string of the molecule is c1ccc(-c2cc(-c3cccc(-c4ccccn4)c3)nc(-c3cccc(-c4cc5c6ccccc6c(-c6ccccc6)cc5c5ccccc45)c3)n2)cc1. The minimum Gasteiger partial charge on any atom is -0.256 e. The van der Waals surface area contributed by atoms with Crippen LogP contribution in [0.3, 0.4) is 0 Å². The van der Waals surface area contributed by atoms with Crippen LogP contribution in [0.5, 0.6) is 0 Å². The first-order chi connectivity index (χ1) is 26.8. The monoisotopic (exact) mass is 687 g/mol. The number of hydrogen-bond acceptors (Lipinski definition) is 3. The Labute approximate surface area is 313 Å². The normalized spacial score (nSPS) is 11.3. The lowest BCUT2D eigenvalue weighted by molar-refractivity contribution is 1.18. The Balaban J connectivity index is 1.16. The zero-order valence-electron chi connectivity index (χ0n) is 29.4. The Morgan fingerprint density at radius 2 is 0.722 bits per heavy atom. The standard InChI is InChI=1S/C51H33N3/c1-3-15-34(16-4-1)44-31-46-43-26-10-8-24-41(43)45(32-47(46)42-25-9-7-23-40(42)44)36-19-13-22-39(29-36)51-53-49(35-17-5-2-6-18-35)33-50(54-51)38-21-14-20-37(30-38)48-27-11-12-28-52-48/h1-33H. The van der Waals surface area contributed by atoms with E-state index in [9.17, 15) is 0 Å². The number of rotatable bonds is 6. The van der Waals surface area contributed by atoms with Gasteiger partial charge in [-0.25, -0.2) is 9.97 Å². The summed E-state index contributed by atoms with van der Waals surface area (Å²) >= 11 is 0. The van der Waals surface area contributed by atoms with Crippen LogP contribution in [0.2, 0.25) is 0 Å². The second kappa shape index (κ2) is 13.4. The molecule has 3 nitrogen and oxygen atoms in total. The van der Waals surface area contributed by atoms with E-state index in [4.69, 9.17) is 9.97 Å². The maximum absolute atomic E-state index is 5.23. The van der Waals surface area contributed by atoms with E-state index < -0.39 is 0 Å². The van der Waals surface area contributed by atoms with E-state index in [0.29, 0.717) is 5.82 Å². The molecule has 0 saturated carbocycles. The fourth-order valence-corrected chi connectivity index (χ4v) is 7.72. The van der Waals surface area contributed by atoms with Crippen molar-refractivity contribution in [2.75, 3.05) is 0 Å². The van der Waals surface area contributed by atoms with Crippen molar-refractivity contribution in [3.05, 3.63) is 200 Å². The molecular weight excluding hydrogens is 655 g/mol. The van der Waals surface area contributed by atoms with Crippen molar-refractivity contribution in [3.63, 3.8) is 0 Å².